The second kappa shape index (κ2) is 7.92. The van der Waals surface area contributed by atoms with Crippen molar-refractivity contribution in [3.63, 3.8) is 0 Å². The highest BCUT2D eigenvalue weighted by atomic mass is 16.2. The fraction of sp³-hybridized carbons (Fsp3) is 0.833. The predicted octanol–water partition coefficient (Wildman–Crippen LogP) is 0.136. The third-order valence-corrected chi connectivity index (χ3v) is 2.61. The summed E-state index contributed by atoms with van der Waals surface area (Å²) < 4.78 is 0. The number of carbonyl (C=O) groups excluding carboxylic acids is 2. The number of hydrogen-bond acceptors (Lipinski definition) is 3. The molecule has 0 aliphatic heterocycles. The smallest absolute Gasteiger partial charge is 0.317 e. The zero-order valence-electron chi connectivity index (χ0n) is 12.0. The highest BCUT2D eigenvalue weighted by Crippen LogP contribution is 2.10. The van der Waals surface area contributed by atoms with Crippen molar-refractivity contribution in [2.75, 3.05) is 20.6 Å². The van der Waals surface area contributed by atoms with Crippen molar-refractivity contribution in [3.05, 3.63) is 0 Å². The van der Waals surface area contributed by atoms with Crippen molar-refractivity contribution in [2.24, 2.45) is 11.7 Å². The number of nitrogens with two attached hydrogens (primary N) is 1. The maximum Gasteiger partial charge on any atom is 0.317 e. The normalized spacial score (nSPS) is 13.9. The van der Waals surface area contributed by atoms with Gasteiger partial charge in [0.25, 0.3) is 0 Å². The van der Waals surface area contributed by atoms with E-state index in [0.29, 0.717) is 18.9 Å². The van der Waals surface area contributed by atoms with E-state index in [1.54, 1.807) is 14.1 Å². The van der Waals surface area contributed by atoms with Gasteiger partial charge in [-0.25, -0.2) is 4.79 Å². The number of likely N-dealkylation sites (N-methyl/N-ethyl adjacent to an activating group) is 2. The molecule has 0 aromatic rings. The molecule has 0 aliphatic rings. The fourth-order valence-electron chi connectivity index (χ4n) is 1.57. The molecule has 4 N–H and O–H groups in total. The monoisotopic (exact) mass is 258 g/mol. The molecule has 0 saturated heterocycles. The molecule has 0 fully saturated rings. The minimum Gasteiger partial charge on any atom is -0.357 e. The van der Waals surface area contributed by atoms with E-state index in [4.69, 9.17) is 5.73 Å². The van der Waals surface area contributed by atoms with Crippen LogP contribution >= 0.6 is 0 Å². The molecule has 2 atom stereocenters. The second-order valence-electron chi connectivity index (χ2n) is 5.03. The largest absolute Gasteiger partial charge is 0.357 e. The van der Waals surface area contributed by atoms with Crippen molar-refractivity contribution in [1.29, 1.82) is 0 Å². The van der Waals surface area contributed by atoms with E-state index < -0.39 is 6.04 Å². The lowest BCUT2D eigenvalue weighted by atomic mass is 10.0. The fourth-order valence-corrected chi connectivity index (χ4v) is 1.57. The summed E-state index contributed by atoms with van der Waals surface area (Å²) in [7, 11) is 3.20. The first-order chi connectivity index (χ1) is 8.29. The van der Waals surface area contributed by atoms with E-state index in [1.807, 2.05) is 20.8 Å². The molecule has 0 radical (unpaired) electrons. The maximum absolute atomic E-state index is 11.9. The Hall–Kier alpha value is -1.30. The van der Waals surface area contributed by atoms with E-state index in [-0.39, 0.29) is 18.0 Å². The Morgan fingerprint density at radius 3 is 2.22 bits per heavy atom. The molecule has 0 aliphatic carbocycles. The van der Waals surface area contributed by atoms with Crippen molar-refractivity contribution in [1.82, 2.24) is 15.5 Å². The number of amides is 3. The average molecular weight is 258 g/mol. The SMILES string of the molecule is CNC(=O)[C@H](CC(C)C)N(C)C(=O)NC[C@H](C)N. The molecule has 3 amide bonds. The zero-order chi connectivity index (χ0) is 14.3. The van der Waals surface area contributed by atoms with Crippen molar-refractivity contribution in [3.8, 4) is 0 Å². The molecule has 0 rings (SSSR count). The molecule has 0 heterocycles. The van der Waals surface area contributed by atoms with E-state index in [2.05, 4.69) is 10.6 Å². The van der Waals surface area contributed by atoms with Crippen LogP contribution in [0.3, 0.4) is 0 Å². The van der Waals surface area contributed by atoms with Gasteiger partial charge in [-0.15, -0.1) is 0 Å². The summed E-state index contributed by atoms with van der Waals surface area (Å²) in [6, 6.07) is -0.837. The van der Waals surface area contributed by atoms with Crippen LogP contribution in [0.25, 0.3) is 0 Å². The molecule has 0 saturated carbocycles. The molecular weight excluding hydrogens is 232 g/mol. The first kappa shape index (κ1) is 16.7. The highest BCUT2D eigenvalue weighted by molar-refractivity contribution is 5.86. The predicted molar refractivity (Wildman–Crippen MR) is 72.1 cm³/mol. The van der Waals surface area contributed by atoms with Gasteiger partial charge in [0.15, 0.2) is 0 Å². The van der Waals surface area contributed by atoms with E-state index in [9.17, 15) is 9.59 Å². The number of rotatable bonds is 6. The van der Waals surface area contributed by atoms with Crippen LogP contribution in [0.5, 0.6) is 0 Å². The molecule has 18 heavy (non-hydrogen) atoms. The minimum absolute atomic E-state index is 0.106. The van der Waals surface area contributed by atoms with Gasteiger partial charge in [-0.3, -0.25) is 4.79 Å². The minimum atomic E-state index is -0.455. The van der Waals surface area contributed by atoms with Gasteiger partial charge in [-0.05, 0) is 19.3 Å². The summed E-state index contributed by atoms with van der Waals surface area (Å²) in [5.41, 5.74) is 5.57. The zero-order valence-corrected chi connectivity index (χ0v) is 12.0. The molecule has 0 spiro atoms. The highest BCUT2D eigenvalue weighted by Gasteiger charge is 2.26. The Bertz CT molecular complexity index is 279. The van der Waals surface area contributed by atoms with Crippen molar-refractivity contribution in [2.45, 2.75) is 39.3 Å². The molecular formula is C12H26N4O2. The van der Waals surface area contributed by atoms with Gasteiger partial charge in [0, 0.05) is 26.7 Å². The third kappa shape index (κ3) is 5.86. The average Bonchev–Trinajstić information content (AvgIpc) is 2.30. The Balaban J connectivity index is 4.58. The maximum atomic E-state index is 11.9. The van der Waals surface area contributed by atoms with Crippen LogP contribution in [0.2, 0.25) is 0 Å². The Morgan fingerprint density at radius 2 is 1.83 bits per heavy atom. The third-order valence-electron chi connectivity index (χ3n) is 2.61. The molecule has 6 heteroatoms. The van der Waals surface area contributed by atoms with Gasteiger partial charge in [-0.2, -0.15) is 0 Å². The molecule has 0 aromatic heterocycles. The second-order valence-corrected chi connectivity index (χ2v) is 5.03. The van der Waals surface area contributed by atoms with E-state index >= 15 is 0 Å². The van der Waals surface area contributed by atoms with Crippen LogP contribution in [0.1, 0.15) is 27.2 Å². The van der Waals surface area contributed by atoms with Crippen LogP contribution in [-0.2, 0) is 4.79 Å². The topological polar surface area (TPSA) is 87.5 Å². The quantitative estimate of drug-likeness (QED) is 0.633. The summed E-state index contributed by atoms with van der Waals surface area (Å²) in [4.78, 5) is 25.1. The van der Waals surface area contributed by atoms with Crippen LogP contribution in [0.4, 0.5) is 4.79 Å². The van der Waals surface area contributed by atoms with Crippen LogP contribution < -0.4 is 16.4 Å². The molecule has 0 aromatic carbocycles. The van der Waals surface area contributed by atoms with Crippen LogP contribution in [0, 0.1) is 5.92 Å². The van der Waals surface area contributed by atoms with Gasteiger partial charge < -0.3 is 21.3 Å². The van der Waals surface area contributed by atoms with Crippen molar-refractivity contribution < 1.29 is 9.59 Å². The summed E-state index contributed by atoms with van der Waals surface area (Å²) in [5, 5.41) is 5.28. The summed E-state index contributed by atoms with van der Waals surface area (Å²) in [6.07, 6.45) is 0.627. The Labute approximate surface area is 109 Å². The molecule has 0 unspecified atom stereocenters. The summed E-state index contributed by atoms with van der Waals surface area (Å²) >= 11 is 0. The lowest BCUT2D eigenvalue weighted by molar-refractivity contribution is -0.125. The number of carbonyl (C=O) groups is 2. The number of nitrogens with zero attached hydrogens (tertiary/aromatic N) is 1. The standard InChI is InChI=1S/C12H26N4O2/c1-8(2)6-10(11(17)14-4)16(5)12(18)15-7-9(3)13/h8-10H,6-7,13H2,1-5H3,(H,14,17)(H,15,18)/t9-,10-/m0/s1. The number of urea groups is 1. The van der Waals surface area contributed by atoms with E-state index in [0.717, 1.165) is 0 Å². The van der Waals surface area contributed by atoms with Crippen LogP contribution in [-0.4, -0.2) is 49.6 Å². The Kier molecular flexibility index (Phi) is 7.35. The molecule has 106 valence electrons. The Morgan fingerprint density at radius 1 is 1.28 bits per heavy atom. The summed E-state index contributed by atoms with van der Waals surface area (Å²) in [5.74, 6) is 0.179. The first-order valence-corrected chi connectivity index (χ1v) is 6.27. The van der Waals surface area contributed by atoms with Crippen molar-refractivity contribution >= 4 is 11.9 Å². The molecule has 0 bridgehead atoms. The van der Waals surface area contributed by atoms with Gasteiger partial charge >= 0.3 is 6.03 Å². The number of nitrogens with one attached hydrogen (secondary N) is 2. The van der Waals surface area contributed by atoms with Gasteiger partial charge in [-0.1, -0.05) is 13.8 Å². The van der Waals surface area contributed by atoms with Gasteiger partial charge in [0.05, 0.1) is 0 Å². The molecule has 6 nitrogen and oxygen atoms in total. The lowest BCUT2D eigenvalue weighted by Gasteiger charge is -2.28. The summed E-state index contributed by atoms with van der Waals surface area (Å²) in [6.45, 7) is 6.24. The van der Waals surface area contributed by atoms with Gasteiger partial charge in [0.2, 0.25) is 5.91 Å². The van der Waals surface area contributed by atoms with Crippen LogP contribution in [0.15, 0.2) is 0 Å². The lowest BCUT2D eigenvalue weighted by Crippen LogP contribution is -2.52. The first-order valence-electron chi connectivity index (χ1n) is 6.27. The van der Waals surface area contributed by atoms with E-state index in [1.165, 1.54) is 4.90 Å². The number of hydrogen-bond donors (Lipinski definition) is 3. The van der Waals surface area contributed by atoms with Gasteiger partial charge in [0.1, 0.15) is 6.04 Å².